The van der Waals surface area contributed by atoms with Gasteiger partial charge in [0.2, 0.25) is 5.91 Å². The van der Waals surface area contributed by atoms with E-state index < -0.39 is 0 Å². The lowest BCUT2D eigenvalue weighted by Gasteiger charge is -2.33. The van der Waals surface area contributed by atoms with Crippen LogP contribution < -0.4 is 10.6 Å². The molecule has 4 rings (SSSR count). The molecule has 2 fully saturated rings. The Morgan fingerprint density at radius 3 is 1.73 bits per heavy atom. The SMILES string of the molecule is Cl.O=C(CC(c1ccccc1)c1ccccc1)N1CCC(CNCCCCNCC2CCCCC2)CC1. The van der Waals surface area contributed by atoms with E-state index in [4.69, 9.17) is 0 Å². The third-order valence-corrected chi connectivity index (χ3v) is 8.30. The van der Waals surface area contributed by atoms with Crippen molar-refractivity contribution >= 4 is 18.3 Å². The smallest absolute Gasteiger partial charge is 0.223 e. The first kappa shape index (κ1) is 29.7. The predicted octanol–water partition coefficient (Wildman–Crippen LogP) is 6.41. The number of hydrogen-bond acceptors (Lipinski definition) is 3. The number of halogens is 1. The summed E-state index contributed by atoms with van der Waals surface area (Å²) < 4.78 is 0. The topological polar surface area (TPSA) is 44.4 Å². The molecular formula is C32H48ClN3O. The molecule has 1 aliphatic carbocycles. The molecule has 1 saturated carbocycles. The third-order valence-electron chi connectivity index (χ3n) is 8.30. The molecule has 204 valence electrons. The molecular weight excluding hydrogens is 478 g/mol. The molecule has 4 nitrogen and oxygen atoms in total. The van der Waals surface area contributed by atoms with Gasteiger partial charge < -0.3 is 15.5 Å². The Kier molecular flexibility index (Phi) is 13.5. The van der Waals surface area contributed by atoms with Crippen molar-refractivity contribution in [1.82, 2.24) is 15.5 Å². The fourth-order valence-corrected chi connectivity index (χ4v) is 5.99. The van der Waals surface area contributed by atoms with E-state index in [2.05, 4.69) is 64.1 Å². The molecule has 2 N–H and O–H groups in total. The van der Waals surface area contributed by atoms with E-state index >= 15 is 0 Å². The first-order chi connectivity index (χ1) is 17.8. The van der Waals surface area contributed by atoms with Crippen LogP contribution in [0.3, 0.4) is 0 Å². The molecule has 0 atom stereocenters. The van der Waals surface area contributed by atoms with Gasteiger partial charge in [-0.2, -0.15) is 0 Å². The van der Waals surface area contributed by atoms with E-state index in [0.29, 0.717) is 18.2 Å². The van der Waals surface area contributed by atoms with Crippen LogP contribution in [0.5, 0.6) is 0 Å². The van der Waals surface area contributed by atoms with Gasteiger partial charge in [-0.1, -0.05) is 79.9 Å². The lowest BCUT2D eigenvalue weighted by Crippen LogP contribution is -2.41. The van der Waals surface area contributed by atoms with Crippen molar-refractivity contribution in [3.05, 3.63) is 71.8 Å². The van der Waals surface area contributed by atoms with Crippen LogP contribution in [-0.4, -0.2) is 50.1 Å². The molecule has 0 aromatic heterocycles. The van der Waals surface area contributed by atoms with E-state index in [0.717, 1.165) is 51.5 Å². The number of benzene rings is 2. The van der Waals surface area contributed by atoms with Crippen molar-refractivity contribution in [3.8, 4) is 0 Å². The second kappa shape index (κ2) is 16.9. The molecule has 1 aliphatic heterocycles. The molecule has 2 aromatic carbocycles. The van der Waals surface area contributed by atoms with Crippen LogP contribution in [0.4, 0.5) is 0 Å². The highest BCUT2D eigenvalue weighted by Gasteiger charge is 2.26. The first-order valence-corrected chi connectivity index (χ1v) is 14.6. The normalized spacial score (nSPS) is 17.1. The number of likely N-dealkylation sites (tertiary alicyclic amines) is 1. The van der Waals surface area contributed by atoms with Crippen molar-refractivity contribution < 1.29 is 4.79 Å². The van der Waals surface area contributed by atoms with Crippen LogP contribution in [0, 0.1) is 11.8 Å². The third kappa shape index (κ3) is 10.1. The first-order valence-electron chi connectivity index (χ1n) is 14.6. The molecule has 0 radical (unpaired) electrons. The zero-order chi connectivity index (χ0) is 24.8. The number of carbonyl (C=O) groups excluding carboxylic acids is 1. The minimum Gasteiger partial charge on any atom is -0.343 e. The summed E-state index contributed by atoms with van der Waals surface area (Å²) >= 11 is 0. The summed E-state index contributed by atoms with van der Waals surface area (Å²) in [7, 11) is 0. The molecule has 0 spiro atoms. The number of hydrogen-bond donors (Lipinski definition) is 2. The number of unbranched alkanes of at least 4 members (excludes halogenated alkanes) is 1. The molecule has 1 heterocycles. The van der Waals surface area contributed by atoms with E-state index in [-0.39, 0.29) is 18.3 Å². The molecule has 1 saturated heterocycles. The van der Waals surface area contributed by atoms with Crippen LogP contribution >= 0.6 is 12.4 Å². The summed E-state index contributed by atoms with van der Waals surface area (Å²) in [6.45, 7) is 6.38. The zero-order valence-electron chi connectivity index (χ0n) is 22.6. The second-order valence-corrected chi connectivity index (χ2v) is 11.0. The van der Waals surface area contributed by atoms with Crippen molar-refractivity contribution in [2.45, 2.75) is 70.1 Å². The quantitative estimate of drug-likeness (QED) is 0.297. The van der Waals surface area contributed by atoms with Crippen LogP contribution in [0.1, 0.15) is 81.3 Å². The lowest BCUT2D eigenvalue weighted by atomic mass is 9.87. The minimum absolute atomic E-state index is 0. The van der Waals surface area contributed by atoms with Crippen molar-refractivity contribution in [2.24, 2.45) is 11.8 Å². The highest BCUT2D eigenvalue weighted by atomic mass is 35.5. The Bertz CT molecular complexity index is 825. The van der Waals surface area contributed by atoms with Crippen LogP contribution in [0.15, 0.2) is 60.7 Å². The van der Waals surface area contributed by atoms with E-state index in [1.54, 1.807) is 0 Å². The Labute approximate surface area is 231 Å². The summed E-state index contributed by atoms with van der Waals surface area (Å²) in [6, 6.07) is 21.0. The number of rotatable bonds is 13. The fourth-order valence-electron chi connectivity index (χ4n) is 5.99. The van der Waals surface area contributed by atoms with Crippen LogP contribution in [0.25, 0.3) is 0 Å². The van der Waals surface area contributed by atoms with Crippen molar-refractivity contribution in [1.29, 1.82) is 0 Å². The fraction of sp³-hybridized carbons (Fsp3) is 0.594. The van der Waals surface area contributed by atoms with Gasteiger partial charge in [-0.15, -0.1) is 12.4 Å². The molecule has 5 heteroatoms. The van der Waals surface area contributed by atoms with Crippen molar-refractivity contribution in [3.63, 3.8) is 0 Å². The summed E-state index contributed by atoms with van der Waals surface area (Å²) in [5, 5.41) is 7.36. The molecule has 2 aromatic rings. The molecule has 0 bridgehead atoms. The van der Waals surface area contributed by atoms with Crippen LogP contribution in [0.2, 0.25) is 0 Å². The Balaban J connectivity index is 0.00000380. The lowest BCUT2D eigenvalue weighted by molar-refractivity contribution is -0.132. The van der Waals surface area contributed by atoms with E-state index in [1.165, 1.54) is 62.6 Å². The maximum atomic E-state index is 13.3. The van der Waals surface area contributed by atoms with Gasteiger partial charge in [0.05, 0.1) is 0 Å². The largest absolute Gasteiger partial charge is 0.343 e. The maximum absolute atomic E-state index is 13.3. The number of piperidine rings is 1. The summed E-state index contributed by atoms with van der Waals surface area (Å²) in [5.41, 5.74) is 2.45. The summed E-state index contributed by atoms with van der Waals surface area (Å²) in [6.07, 6.45) is 12.5. The number of nitrogens with one attached hydrogen (secondary N) is 2. The van der Waals surface area contributed by atoms with Gasteiger partial charge in [0.15, 0.2) is 0 Å². The van der Waals surface area contributed by atoms with Gasteiger partial charge in [-0.05, 0) is 87.7 Å². The van der Waals surface area contributed by atoms with Gasteiger partial charge in [-0.3, -0.25) is 4.79 Å². The Hall–Kier alpha value is -1.88. The van der Waals surface area contributed by atoms with Gasteiger partial charge in [-0.25, -0.2) is 0 Å². The monoisotopic (exact) mass is 525 g/mol. The van der Waals surface area contributed by atoms with Gasteiger partial charge in [0, 0.05) is 25.4 Å². The van der Waals surface area contributed by atoms with Gasteiger partial charge in [0.1, 0.15) is 0 Å². The van der Waals surface area contributed by atoms with E-state index in [9.17, 15) is 4.79 Å². The summed E-state index contributed by atoms with van der Waals surface area (Å²) in [5.74, 6) is 2.03. The molecule has 2 aliphatic rings. The number of amides is 1. The standard InChI is InChI=1S/C32H47N3O.ClH/c36-32(24-31(29-14-6-2-7-15-29)30-16-8-3-9-17-30)35-22-18-28(19-23-35)26-34-21-11-10-20-33-25-27-12-4-1-5-13-27;/h2-3,6-9,14-17,27-28,31,33-34H,1,4-5,10-13,18-26H2;1H. The Morgan fingerprint density at radius 2 is 1.22 bits per heavy atom. The average molecular weight is 526 g/mol. The minimum atomic E-state index is 0. The van der Waals surface area contributed by atoms with Gasteiger partial charge >= 0.3 is 0 Å². The van der Waals surface area contributed by atoms with Crippen molar-refractivity contribution in [2.75, 3.05) is 39.3 Å². The molecule has 1 amide bonds. The molecule has 0 unspecified atom stereocenters. The number of carbonyl (C=O) groups is 1. The highest BCUT2D eigenvalue weighted by Crippen LogP contribution is 2.29. The Morgan fingerprint density at radius 1 is 0.730 bits per heavy atom. The average Bonchev–Trinajstić information content (AvgIpc) is 2.95. The maximum Gasteiger partial charge on any atom is 0.223 e. The highest BCUT2D eigenvalue weighted by molar-refractivity contribution is 5.85. The second-order valence-electron chi connectivity index (χ2n) is 11.0. The molecule has 37 heavy (non-hydrogen) atoms. The number of nitrogens with zero attached hydrogens (tertiary/aromatic N) is 1. The van der Waals surface area contributed by atoms with Gasteiger partial charge in [0.25, 0.3) is 0 Å². The zero-order valence-corrected chi connectivity index (χ0v) is 23.4. The van der Waals surface area contributed by atoms with Crippen LogP contribution in [-0.2, 0) is 4.79 Å². The summed E-state index contributed by atoms with van der Waals surface area (Å²) in [4.78, 5) is 15.4. The van der Waals surface area contributed by atoms with E-state index in [1.807, 2.05) is 12.1 Å². The predicted molar refractivity (Wildman–Crippen MR) is 157 cm³/mol.